The van der Waals surface area contributed by atoms with Gasteiger partial charge in [0.1, 0.15) is 0 Å². The van der Waals surface area contributed by atoms with Crippen molar-refractivity contribution in [2.45, 2.75) is 38.1 Å². The van der Waals surface area contributed by atoms with Crippen LogP contribution in [-0.4, -0.2) is 17.4 Å². The van der Waals surface area contributed by atoms with E-state index in [-0.39, 0.29) is 11.9 Å². The maximum atomic E-state index is 12.5. The van der Waals surface area contributed by atoms with Crippen LogP contribution in [0.15, 0.2) is 60.7 Å². The third kappa shape index (κ3) is 3.22. The summed E-state index contributed by atoms with van der Waals surface area (Å²) in [6.07, 6.45) is 2.66. The van der Waals surface area contributed by atoms with Gasteiger partial charge in [0.25, 0.3) is 0 Å². The van der Waals surface area contributed by atoms with Gasteiger partial charge < -0.3 is 4.90 Å². The molecule has 2 atom stereocenters. The monoisotopic (exact) mass is 293 g/mol. The highest BCUT2D eigenvalue weighted by Gasteiger charge is 2.27. The average molecular weight is 293 g/mol. The second kappa shape index (κ2) is 6.78. The van der Waals surface area contributed by atoms with Crippen molar-refractivity contribution in [1.82, 2.24) is 4.90 Å². The fourth-order valence-electron chi connectivity index (χ4n) is 3.38. The van der Waals surface area contributed by atoms with E-state index >= 15 is 0 Å². The van der Waals surface area contributed by atoms with Crippen LogP contribution in [0, 0.1) is 0 Å². The number of carbonyl (C=O) groups is 1. The van der Waals surface area contributed by atoms with E-state index in [4.69, 9.17) is 0 Å². The minimum atomic E-state index is 0.156. The topological polar surface area (TPSA) is 20.3 Å². The third-order valence-corrected chi connectivity index (χ3v) is 4.77. The van der Waals surface area contributed by atoms with Crippen LogP contribution in [0.4, 0.5) is 0 Å². The number of nitrogens with zero attached hydrogens (tertiary/aromatic N) is 1. The first kappa shape index (κ1) is 14.8. The molecule has 1 aliphatic rings. The lowest BCUT2D eigenvalue weighted by atomic mass is 9.92. The molecule has 0 saturated carbocycles. The molecule has 3 rings (SSSR count). The molecule has 114 valence electrons. The molecule has 1 aliphatic heterocycles. The number of amides is 1. The van der Waals surface area contributed by atoms with E-state index in [0.717, 1.165) is 19.4 Å². The van der Waals surface area contributed by atoms with E-state index in [1.807, 2.05) is 18.2 Å². The Morgan fingerprint density at radius 1 is 0.955 bits per heavy atom. The lowest BCUT2D eigenvalue weighted by Crippen LogP contribution is -2.33. The average Bonchev–Trinajstić information content (AvgIpc) is 2.78. The Bertz CT molecular complexity index is 608. The molecule has 2 aromatic carbocycles. The summed E-state index contributed by atoms with van der Waals surface area (Å²) < 4.78 is 0. The van der Waals surface area contributed by atoms with Gasteiger partial charge in [-0.05, 0) is 36.8 Å². The number of likely N-dealkylation sites (tertiary alicyclic amines) is 1. The molecule has 0 unspecified atom stereocenters. The first-order chi connectivity index (χ1) is 10.8. The molecule has 1 fully saturated rings. The Labute approximate surface area is 132 Å². The zero-order valence-corrected chi connectivity index (χ0v) is 13.1. The largest absolute Gasteiger partial charge is 0.336 e. The highest BCUT2D eigenvalue weighted by atomic mass is 16.2. The minimum absolute atomic E-state index is 0.156. The maximum Gasteiger partial charge on any atom is 0.223 e. The van der Waals surface area contributed by atoms with Crippen molar-refractivity contribution in [3.8, 4) is 0 Å². The van der Waals surface area contributed by atoms with Crippen LogP contribution in [-0.2, 0) is 4.79 Å². The summed E-state index contributed by atoms with van der Waals surface area (Å²) in [6, 6.07) is 21.1. The summed E-state index contributed by atoms with van der Waals surface area (Å²) in [7, 11) is 0. The van der Waals surface area contributed by atoms with E-state index in [0.29, 0.717) is 12.3 Å². The van der Waals surface area contributed by atoms with Gasteiger partial charge in [-0.15, -0.1) is 0 Å². The summed E-state index contributed by atoms with van der Waals surface area (Å²) in [6.45, 7) is 2.98. The second-order valence-electron chi connectivity index (χ2n) is 6.11. The van der Waals surface area contributed by atoms with Crippen molar-refractivity contribution in [3.63, 3.8) is 0 Å². The van der Waals surface area contributed by atoms with Crippen LogP contribution >= 0.6 is 0 Å². The number of benzene rings is 2. The molecule has 0 N–H and O–H groups in total. The molecule has 0 spiro atoms. The maximum absolute atomic E-state index is 12.5. The van der Waals surface area contributed by atoms with Gasteiger partial charge in [-0.2, -0.15) is 0 Å². The molecule has 0 aliphatic carbocycles. The lowest BCUT2D eigenvalue weighted by Gasteiger charge is -2.28. The summed E-state index contributed by atoms with van der Waals surface area (Å²) in [5.41, 5.74) is 2.58. The van der Waals surface area contributed by atoms with Gasteiger partial charge in [-0.3, -0.25) is 4.79 Å². The normalized spacial score (nSPS) is 20.5. The first-order valence-corrected chi connectivity index (χ1v) is 8.15. The zero-order chi connectivity index (χ0) is 15.4. The summed E-state index contributed by atoms with van der Waals surface area (Å²) >= 11 is 0. The predicted octanol–water partition coefficient (Wildman–Crippen LogP) is 4.54. The molecule has 1 amide bonds. The zero-order valence-electron chi connectivity index (χ0n) is 13.1. The summed E-state index contributed by atoms with van der Waals surface area (Å²) in [5, 5.41) is 0. The Hall–Kier alpha value is -2.09. The lowest BCUT2D eigenvalue weighted by molar-refractivity contribution is -0.132. The fraction of sp³-hybridized carbons (Fsp3) is 0.350. The first-order valence-electron chi connectivity index (χ1n) is 8.15. The SMILES string of the molecule is C[C@H](c1ccccc1)N1CC[C@H](c2ccccc2)CCC1=O. The van der Waals surface area contributed by atoms with Crippen molar-refractivity contribution in [1.29, 1.82) is 0 Å². The Kier molecular flexibility index (Phi) is 4.57. The van der Waals surface area contributed by atoms with Crippen molar-refractivity contribution in [3.05, 3.63) is 71.8 Å². The van der Waals surface area contributed by atoms with E-state index in [1.54, 1.807) is 0 Å². The molecule has 2 heteroatoms. The van der Waals surface area contributed by atoms with Gasteiger partial charge in [0, 0.05) is 13.0 Å². The number of carbonyl (C=O) groups excluding carboxylic acids is 1. The fourth-order valence-corrected chi connectivity index (χ4v) is 3.38. The van der Waals surface area contributed by atoms with Crippen molar-refractivity contribution >= 4 is 5.91 Å². The van der Waals surface area contributed by atoms with E-state index < -0.39 is 0 Å². The quantitative estimate of drug-likeness (QED) is 0.813. The molecule has 1 saturated heterocycles. The molecule has 2 aromatic rings. The van der Waals surface area contributed by atoms with E-state index in [1.165, 1.54) is 11.1 Å². The van der Waals surface area contributed by atoms with E-state index in [2.05, 4.69) is 54.3 Å². The second-order valence-corrected chi connectivity index (χ2v) is 6.11. The third-order valence-electron chi connectivity index (χ3n) is 4.77. The van der Waals surface area contributed by atoms with Crippen LogP contribution in [0.25, 0.3) is 0 Å². The van der Waals surface area contributed by atoms with Crippen LogP contribution in [0.2, 0.25) is 0 Å². The number of hydrogen-bond acceptors (Lipinski definition) is 1. The highest BCUT2D eigenvalue weighted by Crippen LogP contribution is 2.31. The Morgan fingerprint density at radius 2 is 1.59 bits per heavy atom. The molecular formula is C20H23NO. The van der Waals surface area contributed by atoms with Gasteiger partial charge in [0.15, 0.2) is 0 Å². The molecule has 2 nitrogen and oxygen atoms in total. The molecule has 0 bridgehead atoms. The molecular weight excluding hydrogens is 270 g/mol. The van der Waals surface area contributed by atoms with Gasteiger partial charge in [0.05, 0.1) is 6.04 Å². The van der Waals surface area contributed by atoms with Gasteiger partial charge in [-0.1, -0.05) is 60.7 Å². The minimum Gasteiger partial charge on any atom is -0.336 e. The smallest absolute Gasteiger partial charge is 0.223 e. The van der Waals surface area contributed by atoms with Crippen molar-refractivity contribution in [2.24, 2.45) is 0 Å². The van der Waals surface area contributed by atoms with Crippen LogP contribution < -0.4 is 0 Å². The van der Waals surface area contributed by atoms with Crippen molar-refractivity contribution in [2.75, 3.05) is 6.54 Å². The van der Waals surface area contributed by atoms with Gasteiger partial charge in [0.2, 0.25) is 5.91 Å². The number of hydrogen-bond donors (Lipinski definition) is 0. The van der Waals surface area contributed by atoms with Crippen LogP contribution in [0.1, 0.15) is 49.3 Å². The Morgan fingerprint density at radius 3 is 2.27 bits per heavy atom. The summed E-state index contributed by atoms with van der Waals surface area (Å²) in [4.78, 5) is 14.6. The predicted molar refractivity (Wildman–Crippen MR) is 89.6 cm³/mol. The van der Waals surface area contributed by atoms with Crippen LogP contribution in [0.5, 0.6) is 0 Å². The molecule has 22 heavy (non-hydrogen) atoms. The molecule has 0 radical (unpaired) electrons. The molecule has 1 heterocycles. The van der Waals surface area contributed by atoms with E-state index in [9.17, 15) is 4.79 Å². The number of rotatable bonds is 3. The highest BCUT2D eigenvalue weighted by molar-refractivity contribution is 5.77. The molecule has 0 aromatic heterocycles. The van der Waals surface area contributed by atoms with Gasteiger partial charge >= 0.3 is 0 Å². The van der Waals surface area contributed by atoms with Crippen molar-refractivity contribution < 1.29 is 4.79 Å². The van der Waals surface area contributed by atoms with Crippen LogP contribution in [0.3, 0.4) is 0 Å². The van der Waals surface area contributed by atoms with Gasteiger partial charge in [-0.25, -0.2) is 0 Å². The standard InChI is InChI=1S/C20H23NO/c1-16(17-8-4-2-5-9-17)21-15-14-19(12-13-20(21)22)18-10-6-3-7-11-18/h2-11,16,19H,12-15H2,1H3/t16-,19-/m1/s1. The Balaban J connectivity index is 1.74. The summed E-state index contributed by atoms with van der Waals surface area (Å²) in [5.74, 6) is 0.785.